The molecule has 0 saturated heterocycles. The fraction of sp³-hybridized carbons (Fsp3) is 0.438. The van der Waals surface area contributed by atoms with Gasteiger partial charge in [-0.1, -0.05) is 24.3 Å². The summed E-state index contributed by atoms with van der Waals surface area (Å²) in [4.78, 5) is 13.7. The van der Waals surface area contributed by atoms with Crippen LogP contribution in [0.3, 0.4) is 0 Å². The Kier molecular flexibility index (Phi) is 4.02. The molecule has 0 fully saturated rings. The number of methoxy groups -OCH3 is 1. The number of nitrogens with zero attached hydrogens (tertiary/aromatic N) is 1. The molecule has 1 aliphatic heterocycles. The van der Waals surface area contributed by atoms with Crippen LogP contribution in [0.5, 0.6) is 5.75 Å². The molecule has 1 heterocycles. The minimum atomic E-state index is -0.468. The summed E-state index contributed by atoms with van der Waals surface area (Å²) < 4.78 is 10.7. The maximum absolute atomic E-state index is 12.0. The van der Waals surface area contributed by atoms with E-state index < -0.39 is 5.60 Å². The van der Waals surface area contributed by atoms with Crippen LogP contribution in [0, 0.1) is 0 Å². The average Bonchev–Trinajstić information content (AvgIpc) is 2.86. The molecule has 0 spiro atoms. The molecule has 4 heteroatoms. The second kappa shape index (κ2) is 5.57. The van der Waals surface area contributed by atoms with E-state index in [1.807, 2.05) is 51.1 Å². The zero-order chi connectivity index (χ0) is 14.8. The van der Waals surface area contributed by atoms with Crippen molar-refractivity contribution in [2.24, 2.45) is 0 Å². The normalized spacial score (nSPS) is 15.0. The first-order chi connectivity index (χ1) is 9.40. The van der Waals surface area contributed by atoms with Gasteiger partial charge in [0.15, 0.2) is 0 Å². The van der Waals surface area contributed by atoms with E-state index in [0.29, 0.717) is 13.1 Å². The highest BCUT2D eigenvalue weighted by atomic mass is 16.6. The van der Waals surface area contributed by atoms with Gasteiger partial charge >= 0.3 is 6.09 Å². The number of carbonyl (C=O) groups excluding carboxylic acids is 1. The summed E-state index contributed by atoms with van der Waals surface area (Å²) in [5, 5.41) is 0. The van der Waals surface area contributed by atoms with Gasteiger partial charge in [0, 0.05) is 18.7 Å². The SMILES string of the molecule is COc1ccccc1C1=CCN(C(=O)OC(C)(C)C)C1. The fourth-order valence-corrected chi connectivity index (χ4v) is 2.13. The van der Waals surface area contributed by atoms with Crippen molar-refractivity contribution in [1.82, 2.24) is 4.90 Å². The molecule has 4 nitrogen and oxygen atoms in total. The molecule has 0 atom stereocenters. The number of carbonyl (C=O) groups is 1. The summed E-state index contributed by atoms with van der Waals surface area (Å²) in [5.41, 5.74) is 1.65. The Balaban J connectivity index is 2.07. The van der Waals surface area contributed by atoms with E-state index in [2.05, 4.69) is 0 Å². The van der Waals surface area contributed by atoms with E-state index in [-0.39, 0.29) is 6.09 Å². The van der Waals surface area contributed by atoms with Crippen LogP contribution in [0.25, 0.3) is 5.57 Å². The lowest BCUT2D eigenvalue weighted by Gasteiger charge is -2.24. The van der Waals surface area contributed by atoms with Gasteiger partial charge in [-0.3, -0.25) is 0 Å². The molecule has 0 saturated carbocycles. The van der Waals surface area contributed by atoms with Crippen molar-refractivity contribution in [3.63, 3.8) is 0 Å². The van der Waals surface area contributed by atoms with Gasteiger partial charge in [0.05, 0.1) is 7.11 Å². The molecule has 1 aliphatic rings. The van der Waals surface area contributed by atoms with Crippen molar-refractivity contribution in [3.05, 3.63) is 35.9 Å². The Morgan fingerprint density at radius 2 is 1.95 bits per heavy atom. The van der Waals surface area contributed by atoms with Gasteiger partial charge in [0.1, 0.15) is 11.4 Å². The van der Waals surface area contributed by atoms with E-state index >= 15 is 0 Å². The molecule has 108 valence electrons. The third-order valence-corrected chi connectivity index (χ3v) is 3.02. The summed E-state index contributed by atoms with van der Waals surface area (Å²) in [6.07, 6.45) is 1.76. The first-order valence-corrected chi connectivity index (χ1v) is 6.71. The average molecular weight is 275 g/mol. The molecule has 0 aromatic heterocycles. The van der Waals surface area contributed by atoms with Crippen LogP contribution in [-0.2, 0) is 4.74 Å². The third kappa shape index (κ3) is 3.32. The number of amides is 1. The predicted molar refractivity (Wildman–Crippen MR) is 78.8 cm³/mol. The van der Waals surface area contributed by atoms with Crippen molar-refractivity contribution in [2.75, 3.05) is 20.2 Å². The van der Waals surface area contributed by atoms with Crippen LogP contribution in [0.1, 0.15) is 26.3 Å². The van der Waals surface area contributed by atoms with Crippen LogP contribution < -0.4 is 4.74 Å². The lowest BCUT2D eigenvalue weighted by molar-refractivity contribution is 0.0306. The molecule has 20 heavy (non-hydrogen) atoms. The molecule has 2 rings (SSSR count). The number of para-hydroxylation sites is 1. The van der Waals surface area contributed by atoms with E-state index in [1.165, 1.54) is 0 Å². The van der Waals surface area contributed by atoms with Crippen LogP contribution in [0.15, 0.2) is 30.3 Å². The monoisotopic (exact) mass is 275 g/mol. The van der Waals surface area contributed by atoms with E-state index in [4.69, 9.17) is 9.47 Å². The topological polar surface area (TPSA) is 38.8 Å². The Morgan fingerprint density at radius 1 is 1.25 bits per heavy atom. The van der Waals surface area contributed by atoms with Crippen LogP contribution in [0.2, 0.25) is 0 Å². The molecule has 0 bridgehead atoms. The Bertz CT molecular complexity index is 529. The van der Waals surface area contributed by atoms with Crippen molar-refractivity contribution in [1.29, 1.82) is 0 Å². The Hall–Kier alpha value is -1.97. The Morgan fingerprint density at radius 3 is 2.60 bits per heavy atom. The number of benzene rings is 1. The second-order valence-corrected chi connectivity index (χ2v) is 5.79. The first kappa shape index (κ1) is 14.4. The predicted octanol–water partition coefficient (Wildman–Crippen LogP) is 3.33. The summed E-state index contributed by atoms with van der Waals surface area (Å²) in [6, 6.07) is 7.83. The maximum atomic E-state index is 12.0. The van der Waals surface area contributed by atoms with Gasteiger partial charge in [-0.15, -0.1) is 0 Å². The molecule has 0 aliphatic carbocycles. The van der Waals surface area contributed by atoms with Gasteiger partial charge in [-0.25, -0.2) is 4.79 Å². The summed E-state index contributed by atoms with van der Waals surface area (Å²) in [7, 11) is 1.65. The summed E-state index contributed by atoms with van der Waals surface area (Å²) >= 11 is 0. The molecule has 1 aromatic rings. The van der Waals surface area contributed by atoms with Gasteiger partial charge in [0.2, 0.25) is 0 Å². The third-order valence-electron chi connectivity index (χ3n) is 3.02. The van der Waals surface area contributed by atoms with Crippen molar-refractivity contribution >= 4 is 11.7 Å². The van der Waals surface area contributed by atoms with Crippen LogP contribution in [0.4, 0.5) is 4.79 Å². The maximum Gasteiger partial charge on any atom is 0.410 e. The molecular formula is C16H21NO3. The van der Waals surface area contributed by atoms with Gasteiger partial charge in [-0.2, -0.15) is 0 Å². The molecule has 1 aromatic carbocycles. The summed E-state index contributed by atoms with van der Waals surface area (Å²) in [6.45, 7) is 6.73. The first-order valence-electron chi connectivity index (χ1n) is 6.71. The second-order valence-electron chi connectivity index (χ2n) is 5.79. The quantitative estimate of drug-likeness (QED) is 0.831. The largest absolute Gasteiger partial charge is 0.496 e. The molecule has 0 N–H and O–H groups in total. The van der Waals surface area contributed by atoms with Crippen molar-refractivity contribution < 1.29 is 14.3 Å². The molecule has 0 unspecified atom stereocenters. The molecule has 1 amide bonds. The minimum Gasteiger partial charge on any atom is -0.496 e. The lowest BCUT2D eigenvalue weighted by Crippen LogP contribution is -2.35. The van der Waals surface area contributed by atoms with Gasteiger partial charge in [-0.05, 0) is 32.4 Å². The van der Waals surface area contributed by atoms with E-state index in [9.17, 15) is 4.79 Å². The highest BCUT2D eigenvalue weighted by molar-refractivity contribution is 5.79. The highest BCUT2D eigenvalue weighted by Gasteiger charge is 2.26. The lowest BCUT2D eigenvalue weighted by atomic mass is 10.1. The number of hydrogen-bond acceptors (Lipinski definition) is 3. The fourth-order valence-electron chi connectivity index (χ4n) is 2.13. The van der Waals surface area contributed by atoms with Gasteiger partial charge < -0.3 is 14.4 Å². The molecule has 0 radical (unpaired) electrons. The van der Waals surface area contributed by atoms with Crippen molar-refractivity contribution in [2.45, 2.75) is 26.4 Å². The Labute approximate surface area is 120 Å². The zero-order valence-electron chi connectivity index (χ0n) is 12.5. The smallest absolute Gasteiger partial charge is 0.410 e. The number of rotatable bonds is 2. The molecular weight excluding hydrogens is 254 g/mol. The highest BCUT2D eigenvalue weighted by Crippen LogP contribution is 2.29. The van der Waals surface area contributed by atoms with Crippen LogP contribution in [-0.4, -0.2) is 36.8 Å². The standard InChI is InChI=1S/C16H21NO3/c1-16(2,3)20-15(18)17-10-9-12(11-17)13-7-5-6-8-14(13)19-4/h5-9H,10-11H2,1-4H3. The van der Waals surface area contributed by atoms with Crippen LogP contribution >= 0.6 is 0 Å². The van der Waals surface area contributed by atoms with E-state index in [0.717, 1.165) is 16.9 Å². The van der Waals surface area contributed by atoms with Crippen molar-refractivity contribution in [3.8, 4) is 5.75 Å². The summed E-state index contributed by atoms with van der Waals surface area (Å²) in [5.74, 6) is 0.824. The van der Waals surface area contributed by atoms with Gasteiger partial charge in [0.25, 0.3) is 0 Å². The van der Waals surface area contributed by atoms with E-state index in [1.54, 1.807) is 12.0 Å². The number of hydrogen-bond donors (Lipinski definition) is 0. The minimum absolute atomic E-state index is 0.279. The zero-order valence-corrected chi connectivity index (χ0v) is 12.5. The number of ether oxygens (including phenoxy) is 2.